The topological polar surface area (TPSA) is 58.4 Å². The van der Waals surface area contributed by atoms with Crippen molar-refractivity contribution in [3.63, 3.8) is 0 Å². The maximum Gasteiger partial charge on any atom is 0.253 e. The van der Waals surface area contributed by atoms with Crippen LogP contribution in [-0.4, -0.2) is 57.6 Å². The predicted octanol–water partition coefficient (Wildman–Crippen LogP) is 3.95. The molecule has 2 heterocycles. The number of aryl methyl sites for hydroxylation is 3. The van der Waals surface area contributed by atoms with Crippen LogP contribution in [0.4, 0.5) is 0 Å². The van der Waals surface area contributed by atoms with E-state index >= 15 is 0 Å². The van der Waals surface area contributed by atoms with Crippen LogP contribution in [-0.2, 0) is 11.3 Å². The maximum atomic E-state index is 12.6. The summed E-state index contributed by atoms with van der Waals surface area (Å²) in [6, 6.07) is 7.58. The van der Waals surface area contributed by atoms with Gasteiger partial charge in [0.1, 0.15) is 5.15 Å². The van der Waals surface area contributed by atoms with Crippen molar-refractivity contribution in [1.29, 1.82) is 0 Å². The summed E-state index contributed by atoms with van der Waals surface area (Å²) in [6.45, 7) is 8.88. The van der Waals surface area contributed by atoms with Crippen molar-refractivity contribution in [3.8, 4) is 0 Å². The van der Waals surface area contributed by atoms with E-state index in [0.717, 1.165) is 36.2 Å². The monoisotopic (exact) mass is 428 g/mol. The van der Waals surface area contributed by atoms with Crippen molar-refractivity contribution >= 4 is 29.5 Å². The zero-order valence-corrected chi connectivity index (χ0v) is 18.7. The molecule has 0 aliphatic carbocycles. The fourth-order valence-electron chi connectivity index (χ4n) is 3.48. The van der Waals surface area contributed by atoms with E-state index in [4.69, 9.17) is 11.6 Å². The summed E-state index contributed by atoms with van der Waals surface area (Å²) in [6.07, 6.45) is 5.38. The van der Waals surface area contributed by atoms with Gasteiger partial charge in [0.2, 0.25) is 5.91 Å². The zero-order valence-electron chi connectivity index (χ0n) is 17.9. The molecule has 1 aromatic heterocycles. The van der Waals surface area contributed by atoms with E-state index in [1.807, 2.05) is 38.1 Å². The van der Waals surface area contributed by atoms with Gasteiger partial charge in [0.15, 0.2) is 0 Å². The van der Waals surface area contributed by atoms with Gasteiger partial charge in [-0.1, -0.05) is 42.6 Å². The molecule has 0 bridgehead atoms. The van der Waals surface area contributed by atoms with Crippen molar-refractivity contribution in [2.45, 2.75) is 40.2 Å². The van der Waals surface area contributed by atoms with Crippen LogP contribution < -0.4 is 0 Å². The summed E-state index contributed by atoms with van der Waals surface area (Å²) in [7, 11) is 0. The van der Waals surface area contributed by atoms with Crippen LogP contribution in [0.5, 0.6) is 0 Å². The highest BCUT2D eigenvalue weighted by molar-refractivity contribution is 6.31. The summed E-state index contributed by atoms with van der Waals surface area (Å²) in [5.74, 6) is -0.0613. The minimum absolute atomic E-state index is 0.0135. The Hall–Kier alpha value is -2.60. The lowest BCUT2D eigenvalue weighted by Gasteiger charge is -2.34. The number of hydrogen-bond donors (Lipinski definition) is 0. The average Bonchev–Trinajstić information content (AvgIpc) is 3.03. The molecule has 0 N–H and O–H groups in total. The number of carbonyl (C=O) groups is 2. The van der Waals surface area contributed by atoms with Crippen LogP contribution in [0.2, 0.25) is 5.15 Å². The first-order valence-corrected chi connectivity index (χ1v) is 10.8. The van der Waals surface area contributed by atoms with E-state index in [2.05, 4.69) is 12.0 Å². The molecule has 2 aromatic rings. The van der Waals surface area contributed by atoms with Crippen LogP contribution >= 0.6 is 11.6 Å². The van der Waals surface area contributed by atoms with Crippen LogP contribution in [0, 0.1) is 13.8 Å². The summed E-state index contributed by atoms with van der Waals surface area (Å²) in [5.41, 5.74) is 3.41. The van der Waals surface area contributed by atoms with E-state index in [-0.39, 0.29) is 11.8 Å². The summed E-state index contributed by atoms with van der Waals surface area (Å²) in [5, 5.41) is 5.03. The second-order valence-corrected chi connectivity index (χ2v) is 8.04. The normalized spacial score (nSPS) is 14.5. The second kappa shape index (κ2) is 9.94. The first kappa shape index (κ1) is 22.1. The van der Waals surface area contributed by atoms with Crippen molar-refractivity contribution in [2.75, 3.05) is 26.2 Å². The predicted molar refractivity (Wildman–Crippen MR) is 120 cm³/mol. The summed E-state index contributed by atoms with van der Waals surface area (Å²) >= 11 is 6.44. The number of amides is 2. The number of rotatable bonds is 6. The molecule has 0 saturated carbocycles. The Balaban J connectivity index is 1.57. The largest absolute Gasteiger partial charge is 0.336 e. The Morgan fingerprint density at radius 1 is 1.07 bits per heavy atom. The third-order valence-corrected chi connectivity index (χ3v) is 5.80. The number of halogens is 1. The van der Waals surface area contributed by atoms with Gasteiger partial charge in [0.05, 0.1) is 5.69 Å². The van der Waals surface area contributed by atoms with Gasteiger partial charge in [-0.15, -0.1) is 0 Å². The smallest absolute Gasteiger partial charge is 0.253 e. The molecule has 1 fully saturated rings. The molecule has 6 nitrogen and oxygen atoms in total. The van der Waals surface area contributed by atoms with Crippen LogP contribution in [0.25, 0.3) is 6.08 Å². The lowest BCUT2D eigenvalue weighted by Crippen LogP contribution is -2.50. The molecule has 3 rings (SSSR count). The van der Waals surface area contributed by atoms with E-state index in [1.165, 1.54) is 0 Å². The Morgan fingerprint density at radius 3 is 2.33 bits per heavy atom. The molecule has 30 heavy (non-hydrogen) atoms. The maximum absolute atomic E-state index is 12.6. The van der Waals surface area contributed by atoms with Gasteiger partial charge in [-0.25, -0.2) is 0 Å². The minimum Gasteiger partial charge on any atom is -0.336 e. The number of aromatic nitrogens is 2. The van der Waals surface area contributed by atoms with Crippen molar-refractivity contribution in [1.82, 2.24) is 19.6 Å². The van der Waals surface area contributed by atoms with Crippen LogP contribution in [0.15, 0.2) is 30.3 Å². The van der Waals surface area contributed by atoms with E-state index < -0.39 is 0 Å². The lowest BCUT2D eigenvalue weighted by molar-refractivity contribution is -0.127. The molecular weight excluding hydrogens is 400 g/mol. The third-order valence-electron chi connectivity index (χ3n) is 5.40. The molecule has 1 saturated heterocycles. The minimum atomic E-state index is -0.0748. The second-order valence-electron chi connectivity index (χ2n) is 7.68. The first-order chi connectivity index (χ1) is 14.4. The van der Waals surface area contributed by atoms with Gasteiger partial charge in [-0.2, -0.15) is 5.10 Å². The van der Waals surface area contributed by atoms with Gasteiger partial charge in [0, 0.05) is 49.9 Å². The van der Waals surface area contributed by atoms with Gasteiger partial charge in [0.25, 0.3) is 5.91 Å². The standard InChI is InChI=1S/C23H29ClN4O2/c1-4-5-12-28-22(24)20(18(3)25-28)10-11-21(29)26-13-15-27(16-14-26)23(30)19-8-6-17(2)7-9-19/h6-11H,4-5,12-16H2,1-3H3/b11-10+. The molecule has 1 aromatic carbocycles. The molecule has 0 atom stereocenters. The molecule has 2 amide bonds. The Labute approximate surface area is 183 Å². The van der Waals surface area contributed by atoms with Gasteiger partial charge >= 0.3 is 0 Å². The molecule has 0 spiro atoms. The summed E-state index contributed by atoms with van der Waals surface area (Å²) < 4.78 is 1.79. The molecule has 7 heteroatoms. The van der Waals surface area contributed by atoms with Gasteiger partial charge < -0.3 is 9.80 Å². The van der Waals surface area contributed by atoms with Crippen molar-refractivity contribution < 1.29 is 9.59 Å². The fourth-order valence-corrected chi connectivity index (χ4v) is 3.80. The van der Waals surface area contributed by atoms with E-state index in [9.17, 15) is 9.59 Å². The number of nitrogens with zero attached hydrogens (tertiary/aromatic N) is 4. The van der Waals surface area contributed by atoms with E-state index in [0.29, 0.717) is 36.9 Å². The van der Waals surface area contributed by atoms with E-state index in [1.54, 1.807) is 26.6 Å². The number of piperazine rings is 1. The lowest BCUT2D eigenvalue weighted by atomic mass is 10.1. The Morgan fingerprint density at radius 2 is 1.70 bits per heavy atom. The van der Waals surface area contributed by atoms with Crippen LogP contribution in [0.3, 0.4) is 0 Å². The molecule has 160 valence electrons. The number of benzene rings is 1. The Kier molecular flexibility index (Phi) is 7.32. The van der Waals surface area contributed by atoms with Crippen molar-refractivity contribution in [3.05, 3.63) is 57.9 Å². The number of carbonyl (C=O) groups excluding carboxylic acids is 2. The van der Waals surface area contributed by atoms with Gasteiger partial charge in [-0.3, -0.25) is 14.3 Å². The number of unbranched alkanes of at least 4 members (excludes halogenated alkanes) is 1. The molecule has 0 unspecified atom stereocenters. The molecule has 1 aliphatic rings. The molecular formula is C23H29ClN4O2. The third kappa shape index (κ3) is 5.11. The quantitative estimate of drug-likeness (QED) is 0.654. The average molecular weight is 429 g/mol. The molecule has 1 aliphatic heterocycles. The highest BCUT2D eigenvalue weighted by Gasteiger charge is 2.24. The summed E-state index contributed by atoms with van der Waals surface area (Å²) in [4.78, 5) is 28.8. The fraction of sp³-hybridized carbons (Fsp3) is 0.435. The zero-order chi connectivity index (χ0) is 21.7. The first-order valence-electron chi connectivity index (χ1n) is 10.5. The number of hydrogen-bond acceptors (Lipinski definition) is 3. The SMILES string of the molecule is CCCCn1nc(C)c(/C=C/C(=O)N2CCN(C(=O)c3ccc(C)cc3)CC2)c1Cl. The van der Waals surface area contributed by atoms with Crippen molar-refractivity contribution in [2.24, 2.45) is 0 Å². The highest BCUT2D eigenvalue weighted by atomic mass is 35.5. The highest BCUT2D eigenvalue weighted by Crippen LogP contribution is 2.22. The Bertz CT molecular complexity index is 925. The molecule has 0 radical (unpaired) electrons. The van der Waals surface area contributed by atoms with Gasteiger partial charge in [-0.05, 0) is 38.5 Å². The van der Waals surface area contributed by atoms with Crippen LogP contribution in [0.1, 0.15) is 46.9 Å².